The topological polar surface area (TPSA) is 140 Å². The predicted octanol–water partition coefficient (Wildman–Crippen LogP) is 3.69. The van der Waals surface area contributed by atoms with E-state index in [1.807, 2.05) is 0 Å². The third-order valence-corrected chi connectivity index (χ3v) is 9.86. The minimum absolute atomic E-state index is 0.0798. The molecule has 16 heteroatoms. The Morgan fingerprint density at radius 3 is 2.46 bits per heavy atom. The summed E-state index contributed by atoms with van der Waals surface area (Å²) in [4.78, 5) is 57.4. The first-order valence-corrected chi connectivity index (χ1v) is 16.5. The molecule has 0 radical (unpaired) electrons. The summed E-state index contributed by atoms with van der Waals surface area (Å²) in [7, 11) is 0. The van der Waals surface area contributed by atoms with Crippen molar-refractivity contribution in [3.05, 3.63) is 82.3 Å². The molecule has 2 fully saturated rings. The van der Waals surface area contributed by atoms with Gasteiger partial charge in [0.1, 0.15) is 23.7 Å². The van der Waals surface area contributed by atoms with Gasteiger partial charge < -0.3 is 20.7 Å². The van der Waals surface area contributed by atoms with Crippen LogP contribution < -0.4 is 16.0 Å². The van der Waals surface area contributed by atoms with Crippen LogP contribution in [0, 0.1) is 5.82 Å². The third-order valence-electron chi connectivity index (χ3n) is 8.85. The first kappa shape index (κ1) is 33.5. The number of alkyl halides is 3. The van der Waals surface area contributed by atoms with Gasteiger partial charge >= 0.3 is 6.18 Å². The Labute approximate surface area is 276 Å². The highest BCUT2D eigenvalue weighted by atomic mass is 32.2. The van der Waals surface area contributed by atoms with Gasteiger partial charge in [-0.15, -0.1) is 11.8 Å². The van der Waals surface area contributed by atoms with E-state index < -0.39 is 59.2 Å². The highest BCUT2D eigenvalue weighted by Crippen LogP contribution is 2.45. The molecule has 11 nitrogen and oxygen atoms in total. The van der Waals surface area contributed by atoms with Crippen LogP contribution in [0.2, 0.25) is 0 Å². The van der Waals surface area contributed by atoms with E-state index in [1.165, 1.54) is 51.9 Å². The van der Waals surface area contributed by atoms with Gasteiger partial charge in [-0.05, 0) is 55.7 Å². The number of hydrogen-bond acceptors (Lipinski definition) is 7. The summed E-state index contributed by atoms with van der Waals surface area (Å²) in [5, 5.41) is 7.43. The SMILES string of the molecule is CCN1C(=O)[C@@H](NC(=O)c2cccc(C(F)(F)F)c2)[C@@H](c2ccc(F)cc2)c2c(C(=O)N3CSC[C@H]3C(N)=O)nn(C3CCOCC3)c21. The summed E-state index contributed by atoms with van der Waals surface area (Å²) in [6, 6.07) is 6.33. The molecule has 0 spiro atoms. The molecule has 4 heterocycles. The van der Waals surface area contributed by atoms with Crippen LogP contribution in [-0.2, 0) is 20.5 Å². The van der Waals surface area contributed by atoms with Gasteiger partial charge in [-0.2, -0.15) is 18.3 Å². The van der Waals surface area contributed by atoms with Crippen molar-refractivity contribution in [2.75, 3.05) is 36.3 Å². The van der Waals surface area contributed by atoms with Crippen LogP contribution in [-0.4, -0.2) is 81.8 Å². The lowest BCUT2D eigenvalue weighted by Gasteiger charge is -2.39. The summed E-state index contributed by atoms with van der Waals surface area (Å²) in [6.07, 6.45) is -3.67. The number of carbonyl (C=O) groups is 4. The summed E-state index contributed by atoms with van der Waals surface area (Å²) >= 11 is 1.34. The molecule has 48 heavy (non-hydrogen) atoms. The molecule has 3 aliphatic heterocycles. The Balaban J connectivity index is 1.54. The number of carbonyl (C=O) groups excluding carboxylic acids is 4. The number of rotatable bonds is 7. The number of nitrogens with one attached hydrogen (secondary N) is 1. The summed E-state index contributed by atoms with van der Waals surface area (Å²) < 4.78 is 61.9. The lowest BCUT2D eigenvalue weighted by Crippen LogP contribution is -2.56. The number of ether oxygens (including phenoxy) is 1. The van der Waals surface area contributed by atoms with E-state index in [-0.39, 0.29) is 41.0 Å². The number of thioether (sulfide) groups is 1. The highest BCUT2D eigenvalue weighted by molar-refractivity contribution is 7.99. The summed E-state index contributed by atoms with van der Waals surface area (Å²) in [5.74, 6) is -3.84. The monoisotopic (exact) mass is 688 g/mol. The summed E-state index contributed by atoms with van der Waals surface area (Å²) in [5.41, 5.74) is 4.78. The molecule has 0 unspecified atom stereocenters. The number of nitrogens with two attached hydrogens (primary N) is 1. The van der Waals surface area contributed by atoms with Gasteiger partial charge in [-0.1, -0.05) is 18.2 Å². The lowest BCUT2D eigenvalue weighted by molar-refractivity contribution is -0.137. The molecule has 3 aliphatic rings. The smallest absolute Gasteiger partial charge is 0.381 e. The number of hydrogen-bond donors (Lipinski definition) is 2. The largest absolute Gasteiger partial charge is 0.416 e. The number of aromatic nitrogens is 2. The third kappa shape index (κ3) is 6.14. The fourth-order valence-electron chi connectivity index (χ4n) is 6.47. The van der Waals surface area contributed by atoms with Crippen molar-refractivity contribution in [1.82, 2.24) is 20.0 Å². The molecule has 254 valence electrons. The van der Waals surface area contributed by atoms with Crippen molar-refractivity contribution < 1.29 is 41.5 Å². The molecular weight excluding hydrogens is 656 g/mol. The van der Waals surface area contributed by atoms with E-state index >= 15 is 0 Å². The number of fused-ring (bicyclic) bond motifs is 1. The first-order valence-electron chi connectivity index (χ1n) is 15.3. The molecule has 3 atom stereocenters. The van der Waals surface area contributed by atoms with Crippen molar-refractivity contribution in [2.24, 2.45) is 5.73 Å². The van der Waals surface area contributed by atoms with E-state index in [4.69, 9.17) is 15.6 Å². The van der Waals surface area contributed by atoms with Crippen LogP contribution in [0.4, 0.5) is 23.4 Å². The van der Waals surface area contributed by atoms with Crippen LogP contribution in [0.5, 0.6) is 0 Å². The van der Waals surface area contributed by atoms with Crippen LogP contribution in [0.1, 0.15) is 69.3 Å². The predicted molar refractivity (Wildman–Crippen MR) is 167 cm³/mol. The molecule has 6 rings (SSSR count). The second kappa shape index (κ2) is 13.2. The van der Waals surface area contributed by atoms with Crippen molar-refractivity contribution in [1.29, 1.82) is 0 Å². The Morgan fingerprint density at radius 2 is 1.81 bits per heavy atom. The van der Waals surface area contributed by atoms with Gasteiger partial charge in [-0.25, -0.2) is 9.07 Å². The highest BCUT2D eigenvalue weighted by Gasteiger charge is 2.49. The second-order valence-electron chi connectivity index (χ2n) is 11.7. The van der Waals surface area contributed by atoms with Crippen LogP contribution in [0.15, 0.2) is 48.5 Å². The quantitative estimate of drug-likeness (QED) is 0.361. The Hall–Kier alpha value is -4.44. The zero-order valence-electron chi connectivity index (χ0n) is 25.7. The Bertz CT molecular complexity index is 1740. The lowest BCUT2D eigenvalue weighted by atomic mass is 9.80. The molecule has 1 aromatic heterocycles. The van der Waals surface area contributed by atoms with E-state index in [2.05, 4.69) is 5.32 Å². The van der Waals surface area contributed by atoms with E-state index in [9.17, 15) is 36.7 Å². The fraction of sp³-hybridized carbons (Fsp3) is 0.406. The van der Waals surface area contributed by atoms with Crippen molar-refractivity contribution in [3.8, 4) is 0 Å². The normalized spacial score (nSPS) is 21.7. The molecule has 0 saturated carbocycles. The second-order valence-corrected chi connectivity index (χ2v) is 12.7. The molecule has 0 aliphatic carbocycles. The fourth-order valence-corrected chi connectivity index (χ4v) is 7.64. The van der Waals surface area contributed by atoms with Crippen molar-refractivity contribution >= 4 is 41.2 Å². The van der Waals surface area contributed by atoms with Crippen LogP contribution in [0.3, 0.4) is 0 Å². The zero-order valence-corrected chi connectivity index (χ0v) is 26.5. The molecule has 4 amide bonds. The number of nitrogens with zero attached hydrogens (tertiary/aromatic N) is 4. The Morgan fingerprint density at radius 1 is 1.10 bits per heavy atom. The van der Waals surface area contributed by atoms with Crippen LogP contribution >= 0.6 is 11.8 Å². The minimum Gasteiger partial charge on any atom is -0.381 e. The van der Waals surface area contributed by atoms with E-state index in [0.29, 0.717) is 43.5 Å². The van der Waals surface area contributed by atoms with Gasteiger partial charge in [0, 0.05) is 42.6 Å². The van der Waals surface area contributed by atoms with Crippen LogP contribution in [0.25, 0.3) is 0 Å². The number of halogens is 4. The van der Waals surface area contributed by atoms with E-state index in [1.54, 1.807) is 11.6 Å². The van der Waals surface area contributed by atoms with Crippen molar-refractivity contribution in [2.45, 2.75) is 50.0 Å². The minimum atomic E-state index is -4.72. The van der Waals surface area contributed by atoms with Gasteiger partial charge in [0.05, 0.1) is 17.5 Å². The first-order chi connectivity index (χ1) is 22.9. The number of likely N-dealkylation sites (N-methyl/N-ethyl adjacent to an activating group) is 1. The number of amides is 4. The number of anilines is 1. The maximum Gasteiger partial charge on any atom is 0.416 e. The molecule has 2 saturated heterocycles. The molecule has 0 bridgehead atoms. The number of primary amides is 1. The molecule has 2 aromatic carbocycles. The van der Waals surface area contributed by atoms with Gasteiger partial charge in [0.15, 0.2) is 5.69 Å². The average Bonchev–Trinajstić information content (AvgIpc) is 3.72. The maximum absolute atomic E-state index is 14.4. The Kier molecular flexibility index (Phi) is 9.22. The van der Waals surface area contributed by atoms with Gasteiger partial charge in [-0.3, -0.25) is 24.1 Å². The maximum atomic E-state index is 14.4. The summed E-state index contributed by atoms with van der Waals surface area (Å²) in [6.45, 7) is 2.61. The molecule has 3 aromatic rings. The van der Waals surface area contributed by atoms with Gasteiger partial charge in [0.2, 0.25) is 5.91 Å². The van der Waals surface area contributed by atoms with Crippen molar-refractivity contribution in [3.63, 3.8) is 0 Å². The number of benzene rings is 2. The molecular formula is C32H32F4N6O5S. The molecule has 3 N–H and O–H groups in total. The zero-order chi connectivity index (χ0) is 34.3. The average molecular weight is 689 g/mol. The van der Waals surface area contributed by atoms with Gasteiger partial charge in [0.25, 0.3) is 17.7 Å². The standard InChI is InChI=1S/C32H32F4N6O5S/c1-2-40-29-24(26(39-42(29)21-10-12-47-13-11-21)31(46)41-16-48-15-22(41)27(37)43)23(17-6-8-20(33)9-7-17)25(30(40)45)38-28(44)18-4-3-5-19(14-18)32(34,35)36/h3-9,14,21-23,25H,2,10-13,15-16H2,1H3,(H2,37,43)(H,38,44)/t22-,23-,25-/m0/s1. The van der Waals surface area contributed by atoms with E-state index in [0.717, 1.165) is 12.1 Å².